The summed E-state index contributed by atoms with van der Waals surface area (Å²) in [4.78, 5) is 22.6. The highest BCUT2D eigenvalue weighted by atomic mass is 35.5. The van der Waals surface area contributed by atoms with E-state index < -0.39 is 4.92 Å². The SMILES string of the molecule is Cc1nn(CCCNC(=O)c2ccc(COc3cc([N+](=O)[O-])ccc3Cl)o2)c(C)c1Cl. The molecule has 3 rings (SSSR count). The maximum Gasteiger partial charge on any atom is 0.286 e. The largest absolute Gasteiger partial charge is 0.484 e. The number of nitro groups is 1. The first-order chi connectivity index (χ1) is 14.8. The average Bonchev–Trinajstić information content (AvgIpc) is 3.31. The predicted octanol–water partition coefficient (Wildman–Crippen LogP) is 4.71. The summed E-state index contributed by atoms with van der Waals surface area (Å²) in [5.74, 6) is 0.316. The fourth-order valence-electron chi connectivity index (χ4n) is 2.85. The normalized spacial score (nSPS) is 10.8. The van der Waals surface area contributed by atoms with Crippen LogP contribution >= 0.6 is 23.2 Å². The van der Waals surface area contributed by atoms with Crippen molar-refractivity contribution in [2.24, 2.45) is 0 Å². The highest BCUT2D eigenvalue weighted by Crippen LogP contribution is 2.29. The second-order valence-corrected chi connectivity index (χ2v) is 7.53. The number of hydrogen-bond donors (Lipinski definition) is 1. The van der Waals surface area contributed by atoms with Crippen molar-refractivity contribution >= 4 is 34.8 Å². The van der Waals surface area contributed by atoms with Crippen LogP contribution < -0.4 is 10.1 Å². The van der Waals surface area contributed by atoms with E-state index in [0.29, 0.717) is 30.3 Å². The summed E-state index contributed by atoms with van der Waals surface area (Å²) >= 11 is 12.1. The fourth-order valence-corrected chi connectivity index (χ4v) is 3.16. The molecule has 0 atom stereocenters. The van der Waals surface area contributed by atoms with Crippen LogP contribution in [0.1, 0.15) is 34.1 Å². The van der Waals surface area contributed by atoms with Gasteiger partial charge in [-0.3, -0.25) is 19.6 Å². The molecule has 31 heavy (non-hydrogen) atoms. The van der Waals surface area contributed by atoms with Gasteiger partial charge in [0.05, 0.1) is 32.4 Å². The Morgan fingerprint density at radius 2 is 2.06 bits per heavy atom. The van der Waals surface area contributed by atoms with Crippen LogP contribution in [-0.2, 0) is 13.2 Å². The Morgan fingerprint density at radius 3 is 2.74 bits per heavy atom. The Balaban J connectivity index is 1.49. The van der Waals surface area contributed by atoms with Crippen LogP contribution in [0.4, 0.5) is 5.69 Å². The molecule has 0 bridgehead atoms. The summed E-state index contributed by atoms with van der Waals surface area (Å²) in [6, 6.07) is 7.03. The quantitative estimate of drug-likeness (QED) is 0.277. The molecule has 0 saturated heterocycles. The minimum Gasteiger partial charge on any atom is -0.484 e. The van der Waals surface area contributed by atoms with Crippen LogP contribution in [-0.4, -0.2) is 27.2 Å². The average molecular weight is 467 g/mol. The van der Waals surface area contributed by atoms with Crippen molar-refractivity contribution in [3.05, 3.63) is 73.4 Å². The number of amides is 1. The van der Waals surface area contributed by atoms with E-state index in [4.69, 9.17) is 32.4 Å². The summed E-state index contributed by atoms with van der Waals surface area (Å²) in [5, 5.41) is 18.9. The topological polar surface area (TPSA) is 112 Å². The fraction of sp³-hybridized carbons (Fsp3) is 0.300. The van der Waals surface area contributed by atoms with Crippen LogP contribution in [0.25, 0.3) is 0 Å². The van der Waals surface area contributed by atoms with E-state index in [1.54, 1.807) is 6.07 Å². The van der Waals surface area contributed by atoms with E-state index in [0.717, 1.165) is 11.4 Å². The predicted molar refractivity (Wildman–Crippen MR) is 115 cm³/mol. The van der Waals surface area contributed by atoms with Gasteiger partial charge in [0.15, 0.2) is 5.76 Å². The lowest BCUT2D eigenvalue weighted by atomic mass is 10.3. The lowest BCUT2D eigenvalue weighted by molar-refractivity contribution is -0.384. The zero-order chi connectivity index (χ0) is 22.5. The molecule has 0 radical (unpaired) electrons. The van der Waals surface area contributed by atoms with Crippen molar-refractivity contribution in [2.75, 3.05) is 6.54 Å². The van der Waals surface area contributed by atoms with Gasteiger partial charge in [-0.15, -0.1) is 0 Å². The molecule has 0 fully saturated rings. The van der Waals surface area contributed by atoms with Gasteiger partial charge in [0.1, 0.15) is 18.1 Å². The molecule has 2 heterocycles. The first kappa shape index (κ1) is 22.6. The van der Waals surface area contributed by atoms with E-state index in [1.807, 2.05) is 18.5 Å². The van der Waals surface area contributed by atoms with E-state index in [9.17, 15) is 14.9 Å². The molecule has 0 saturated carbocycles. The third-order valence-electron chi connectivity index (χ3n) is 4.51. The smallest absolute Gasteiger partial charge is 0.286 e. The van der Waals surface area contributed by atoms with Gasteiger partial charge in [-0.2, -0.15) is 5.10 Å². The molecule has 0 aliphatic rings. The van der Waals surface area contributed by atoms with Gasteiger partial charge in [0, 0.05) is 19.2 Å². The molecule has 2 aromatic heterocycles. The molecule has 1 aromatic carbocycles. The zero-order valence-corrected chi connectivity index (χ0v) is 18.4. The Labute approximate surface area is 188 Å². The summed E-state index contributed by atoms with van der Waals surface area (Å²) in [7, 11) is 0. The van der Waals surface area contributed by atoms with Crippen molar-refractivity contribution in [1.82, 2.24) is 15.1 Å². The summed E-state index contributed by atoms with van der Waals surface area (Å²) in [5.41, 5.74) is 1.53. The zero-order valence-electron chi connectivity index (χ0n) is 16.9. The highest BCUT2D eigenvalue weighted by Gasteiger charge is 2.14. The number of ether oxygens (including phenoxy) is 1. The summed E-state index contributed by atoms with van der Waals surface area (Å²) in [6.07, 6.45) is 0.673. The molecular weight excluding hydrogens is 447 g/mol. The summed E-state index contributed by atoms with van der Waals surface area (Å²) in [6.45, 7) is 4.77. The number of rotatable bonds is 9. The Kier molecular flexibility index (Phi) is 7.19. The van der Waals surface area contributed by atoms with Gasteiger partial charge in [0.2, 0.25) is 0 Å². The van der Waals surface area contributed by atoms with Gasteiger partial charge < -0.3 is 14.5 Å². The van der Waals surface area contributed by atoms with Crippen molar-refractivity contribution in [1.29, 1.82) is 0 Å². The molecule has 3 aromatic rings. The Bertz CT molecular complexity index is 1110. The van der Waals surface area contributed by atoms with Crippen molar-refractivity contribution < 1.29 is 18.9 Å². The standard InChI is InChI=1S/C20H20Cl2N4O5/c1-12-19(22)13(2)25(24-12)9-3-8-23-20(27)17-7-5-15(31-17)11-30-18-10-14(26(28)29)4-6-16(18)21/h4-7,10H,3,8-9,11H2,1-2H3,(H,23,27). The Hall–Kier alpha value is -3.04. The maximum absolute atomic E-state index is 12.3. The van der Waals surface area contributed by atoms with E-state index in [1.165, 1.54) is 24.3 Å². The number of benzene rings is 1. The minimum absolute atomic E-state index is 0.0349. The molecule has 0 aliphatic heterocycles. The molecule has 9 nitrogen and oxygen atoms in total. The minimum atomic E-state index is -0.540. The molecule has 164 valence electrons. The van der Waals surface area contributed by atoms with Gasteiger partial charge in [-0.05, 0) is 38.5 Å². The van der Waals surface area contributed by atoms with Crippen LogP contribution in [0, 0.1) is 24.0 Å². The van der Waals surface area contributed by atoms with Gasteiger partial charge >= 0.3 is 0 Å². The first-order valence-electron chi connectivity index (χ1n) is 9.39. The number of nitrogens with one attached hydrogen (secondary N) is 1. The number of nitrogens with zero attached hydrogens (tertiary/aromatic N) is 3. The molecule has 1 N–H and O–H groups in total. The maximum atomic E-state index is 12.3. The van der Waals surface area contributed by atoms with Crippen molar-refractivity contribution in [3.8, 4) is 5.75 Å². The number of aryl methyl sites for hydroxylation is 2. The second kappa shape index (κ2) is 9.84. The number of nitro benzene ring substituents is 1. The van der Waals surface area contributed by atoms with Crippen LogP contribution in [0.2, 0.25) is 10.0 Å². The summed E-state index contributed by atoms with van der Waals surface area (Å²) < 4.78 is 12.8. The third kappa shape index (κ3) is 5.56. The molecule has 0 aliphatic carbocycles. The number of non-ortho nitro benzene ring substituents is 1. The Morgan fingerprint density at radius 1 is 1.29 bits per heavy atom. The number of carbonyl (C=O) groups excluding carboxylic acids is 1. The molecule has 0 spiro atoms. The first-order valence-corrected chi connectivity index (χ1v) is 10.1. The van der Waals surface area contributed by atoms with E-state index in [2.05, 4.69) is 10.4 Å². The van der Waals surface area contributed by atoms with Crippen molar-refractivity contribution in [2.45, 2.75) is 33.4 Å². The van der Waals surface area contributed by atoms with Gasteiger partial charge in [-0.1, -0.05) is 23.2 Å². The second-order valence-electron chi connectivity index (χ2n) is 6.74. The molecule has 1 amide bonds. The van der Waals surface area contributed by atoms with Crippen LogP contribution in [0.15, 0.2) is 34.7 Å². The third-order valence-corrected chi connectivity index (χ3v) is 5.37. The molecule has 0 unspecified atom stereocenters. The van der Waals surface area contributed by atoms with E-state index >= 15 is 0 Å². The van der Waals surface area contributed by atoms with Gasteiger partial charge in [-0.25, -0.2) is 0 Å². The molecule has 11 heteroatoms. The van der Waals surface area contributed by atoms with Gasteiger partial charge in [0.25, 0.3) is 11.6 Å². The molecular formula is C20H20Cl2N4O5. The highest BCUT2D eigenvalue weighted by molar-refractivity contribution is 6.32. The lowest BCUT2D eigenvalue weighted by Gasteiger charge is -2.07. The number of carbonyl (C=O) groups is 1. The number of furan rings is 1. The van der Waals surface area contributed by atoms with Crippen molar-refractivity contribution in [3.63, 3.8) is 0 Å². The number of halogens is 2. The van der Waals surface area contributed by atoms with Crippen LogP contribution in [0.3, 0.4) is 0 Å². The van der Waals surface area contributed by atoms with Crippen LogP contribution in [0.5, 0.6) is 5.75 Å². The number of hydrogen-bond acceptors (Lipinski definition) is 6. The lowest BCUT2D eigenvalue weighted by Crippen LogP contribution is -2.25. The van der Waals surface area contributed by atoms with E-state index in [-0.39, 0.29) is 34.7 Å². The monoisotopic (exact) mass is 466 g/mol. The number of aromatic nitrogens is 2.